The third kappa shape index (κ3) is 3.43. The number of fused-ring (bicyclic) bond motifs is 1. The fourth-order valence-corrected chi connectivity index (χ4v) is 3.38. The van der Waals surface area contributed by atoms with Crippen LogP contribution in [0.15, 0.2) is 29.4 Å². The molecule has 1 aliphatic heterocycles. The highest BCUT2D eigenvalue weighted by atomic mass is 35.5. The minimum atomic E-state index is -0.0152. The molecule has 5 nitrogen and oxygen atoms in total. The number of nitrogen functional groups attached to an aromatic ring is 1. The van der Waals surface area contributed by atoms with Gasteiger partial charge in [-0.25, -0.2) is 9.97 Å². The first-order valence-electron chi connectivity index (χ1n) is 7.42. The van der Waals surface area contributed by atoms with Crippen LogP contribution in [0.3, 0.4) is 0 Å². The monoisotopic (exact) mass is 348 g/mol. The molecule has 0 spiro atoms. The van der Waals surface area contributed by atoms with E-state index in [9.17, 15) is 4.79 Å². The maximum atomic E-state index is 12.4. The van der Waals surface area contributed by atoms with Gasteiger partial charge in [-0.15, -0.1) is 0 Å². The van der Waals surface area contributed by atoms with E-state index < -0.39 is 0 Å². The molecule has 1 amide bonds. The number of carbonyl (C=O) groups is 1. The number of anilines is 2. The number of nitrogens with zero attached hydrogens (tertiary/aromatic N) is 3. The first kappa shape index (κ1) is 16.1. The molecule has 7 heteroatoms. The molecule has 2 aromatic rings. The van der Waals surface area contributed by atoms with Crippen molar-refractivity contribution in [2.75, 3.05) is 16.4 Å². The Bertz CT molecular complexity index is 753. The van der Waals surface area contributed by atoms with Crippen molar-refractivity contribution in [2.24, 2.45) is 0 Å². The van der Waals surface area contributed by atoms with E-state index in [1.54, 1.807) is 16.7 Å². The summed E-state index contributed by atoms with van der Waals surface area (Å²) in [5.41, 5.74) is 7.70. The van der Waals surface area contributed by atoms with Gasteiger partial charge in [0, 0.05) is 16.3 Å². The van der Waals surface area contributed by atoms with Crippen LogP contribution in [0.4, 0.5) is 11.6 Å². The van der Waals surface area contributed by atoms with E-state index in [0.29, 0.717) is 28.4 Å². The second-order valence-corrected chi connectivity index (χ2v) is 6.83. The molecule has 0 radical (unpaired) electrons. The van der Waals surface area contributed by atoms with Crippen LogP contribution >= 0.6 is 23.4 Å². The van der Waals surface area contributed by atoms with Crippen LogP contribution in [0, 0.1) is 0 Å². The molecule has 0 bridgehead atoms. The quantitative estimate of drug-likeness (QED) is 0.663. The summed E-state index contributed by atoms with van der Waals surface area (Å²) in [5.74, 6) is 1.93. The van der Waals surface area contributed by atoms with Crippen molar-refractivity contribution in [1.82, 2.24) is 9.97 Å². The Morgan fingerprint density at radius 1 is 1.39 bits per heavy atom. The highest BCUT2D eigenvalue weighted by Gasteiger charge is 2.32. The third-order valence-electron chi connectivity index (χ3n) is 3.55. The van der Waals surface area contributed by atoms with Gasteiger partial charge in [0.1, 0.15) is 11.6 Å². The minimum absolute atomic E-state index is 0.0152. The Kier molecular flexibility index (Phi) is 4.73. The van der Waals surface area contributed by atoms with Crippen molar-refractivity contribution >= 4 is 40.9 Å². The Balaban J connectivity index is 1.92. The zero-order valence-corrected chi connectivity index (χ0v) is 14.3. The molecule has 0 saturated carbocycles. The molecule has 0 aliphatic carbocycles. The SMILES string of the molecule is CCCSc1nc(N)c2c(n1)N(Cc1cccc(Cl)c1)C(=O)C2. The number of aromatic nitrogens is 2. The fourth-order valence-electron chi connectivity index (χ4n) is 2.46. The van der Waals surface area contributed by atoms with E-state index >= 15 is 0 Å². The smallest absolute Gasteiger partial charge is 0.233 e. The molecule has 0 atom stereocenters. The topological polar surface area (TPSA) is 72.1 Å². The molecular formula is C16H17ClN4OS. The second-order valence-electron chi connectivity index (χ2n) is 5.33. The number of rotatable bonds is 5. The summed E-state index contributed by atoms with van der Waals surface area (Å²) in [4.78, 5) is 22.9. The average Bonchev–Trinajstić information content (AvgIpc) is 2.83. The Hall–Kier alpha value is -1.79. The van der Waals surface area contributed by atoms with Gasteiger partial charge in [-0.2, -0.15) is 0 Å². The molecular weight excluding hydrogens is 332 g/mol. The summed E-state index contributed by atoms with van der Waals surface area (Å²) < 4.78 is 0. The summed E-state index contributed by atoms with van der Waals surface area (Å²) in [5, 5.41) is 1.27. The molecule has 0 fully saturated rings. The first-order chi connectivity index (χ1) is 11.1. The summed E-state index contributed by atoms with van der Waals surface area (Å²) in [7, 11) is 0. The van der Waals surface area contributed by atoms with Crippen molar-refractivity contribution in [3.63, 3.8) is 0 Å². The highest BCUT2D eigenvalue weighted by molar-refractivity contribution is 7.99. The summed E-state index contributed by atoms with van der Waals surface area (Å²) in [6.45, 7) is 2.53. The standard InChI is InChI=1S/C16H17ClN4OS/c1-2-6-23-16-19-14(18)12-8-13(22)21(15(12)20-16)9-10-4-3-5-11(17)7-10/h3-5,7H,2,6,8-9H2,1H3,(H2,18,19,20). The Morgan fingerprint density at radius 2 is 2.22 bits per heavy atom. The number of halogens is 1. The van der Waals surface area contributed by atoms with Crippen molar-refractivity contribution in [1.29, 1.82) is 0 Å². The molecule has 0 unspecified atom stereocenters. The molecule has 23 heavy (non-hydrogen) atoms. The van der Waals surface area contributed by atoms with Crippen LogP contribution in [-0.4, -0.2) is 21.6 Å². The predicted molar refractivity (Wildman–Crippen MR) is 93.8 cm³/mol. The second kappa shape index (κ2) is 6.76. The lowest BCUT2D eigenvalue weighted by atomic mass is 10.2. The van der Waals surface area contributed by atoms with Crippen molar-refractivity contribution < 1.29 is 4.79 Å². The van der Waals surface area contributed by atoms with Gasteiger partial charge >= 0.3 is 0 Å². The molecule has 2 heterocycles. The number of carbonyl (C=O) groups excluding carboxylic acids is 1. The molecule has 120 valence electrons. The predicted octanol–water partition coefficient (Wildman–Crippen LogP) is 3.30. The van der Waals surface area contributed by atoms with Gasteiger partial charge in [0.25, 0.3) is 0 Å². The van der Waals surface area contributed by atoms with Crippen LogP contribution in [0.1, 0.15) is 24.5 Å². The zero-order chi connectivity index (χ0) is 16.4. The van der Waals surface area contributed by atoms with E-state index in [0.717, 1.165) is 23.3 Å². The highest BCUT2D eigenvalue weighted by Crippen LogP contribution is 2.33. The minimum Gasteiger partial charge on any atom is -0.383 e. The van der Waals surface area contributed by atoms with Gasteiger partial charge in [-0.1, -0.05) is 42.4 Å². The van der Waals surface area contributed by atoms with Gasteiger partial charge in [-0.05, 0) is 24.1 Å². The number of amides is 1. The van der Waals surface area contributed by atoms with Gasteiger partial charge in [0.05, 0.1) is 13.0 Å². The van der Waals surface area contributed by atoms with E-state index in [-0.39, 0.29) is 12.3 Å². The molecule has 1 aromatic carbocycles. The number of hydrogen-bond acceptors (Lipinski definition) is 5. The summed E-state index contributed by atoms with van der Waals surface area (Å²) in [6.07, 6.45) is 1.27. The number of nitrogens with two attached hydrogens (primary N) is 1. The van der Waals surface area contributed by atoms with Crippen molar-refractivity contribution in [3.8, 4) is 0 Å². The molecule has 2 N–H and O–H groups in total. The lowest BCUT2D eigenvalue weighted by Crippen LogP contribution is -2.26. The van der Waals surface area contributed by atoms with E-state index in [2.05, 4.69) is 16.9 Å². The molecule has 3 rings (SSSR count). The number of thioether (sulfide) groups is 1. The van der Waals surface area contributed by atoms with Gasteiger partial charge in [0.2, 0.25) is 5.91 Å². The Labute approximate surface area is 144 Å². The van der Waals surface area contributed by atoms with E-state index in [4.69, 9.17) is 17.3 Å². The normalized spacial score (nSPS) is 13.5. The van der Waals surface area contributed by atoms with Crippen LogP contribution in [-0.2, 0) is 17.8 Å². The lowest BCUT2D eigenvalue weighted by Gasteiger charge is -2.17. The maximum Gasteiger partial charge on any atom is 0.233 e. The molecule has 0 saturated heterocycles. The number of benzene rings is 1. The van der Waals surface area contributed by atoms with Crippen LogP contribution in [0.25, 0.3) is 0 Å². The van der Waals surface area contributed by atoms with Crippen LogP contribution in [0.2, 0.25) is 5.02 Å². The van der Waals surface area contributed by atoms with Crippen molar-refractivity contribution in [3.05, 3.63) is 40.4 Å². The summed E-state index contributed by atoms with van der Waals surface area (Å²) >= 11 is 7.57. The maximum absolute atomic E-state index is 12.4. The van der Waals surface area contributed by atoms with Crippen LogP contribution < -0.4 is 10.6 Å². The average molecular weight is 349 g/mol. The molecule has 1 aromatic heterocycles. The van der Waals surface area contributed by atoms with E-state index in [1.807, 2.05) is 24.3 Å². The fraction of sp³-hybridized carbons (Fsp3) is 0.312. The largest absolute Gasteiger partial charge is 0.383 e. The van der Waals surface area contributed by atoms with Gasteiger partial charge < -0.3 is 5.73 Å². The lowest BCUT2D eigenvalue weighted by molar-refractivity contribution is -0.117. The summed E-state index contributed by atoms with van der Waals surface area (Å²) in [6, 6.07) is 7.47. The molecule has 1 aliphatic rings. The van der Waals surface area contributed by atoms with Gasteiger partial charge in [0.15, 0.2) is 5.16 Å². The number of hydrogen-bond donors (Lipinski definition) is 1. The zero-order valence-electron chi connectivity index (χ0n) is 12.8. The van der Waals surface area contributed by atoms with E-state index in [1.165, 1.54) is 0 Å². The first-order valence-corrected chi connectivity index (χ1v) is 8.79. The van der Waals surface area contributed by atoms with Crippen LogP contribution in [0.5, 0.6) is 0 Å². The van der Waals surface area contributed by atoms with Gasteiger partial charge in [-0.3, -0.25) is 9.69 Å². The Morgan fingerprint density at radius 3 is 2.96 bits per heavy atom. The van der Waals surface area contributed by atoms with Crippen molar-refractivity contribution in [2.45, 2.75) is 31.5 Å². The third-order valence-corrected chi connectivity index (χ3v) is 4.83.